The van der Waals surface area contributed by atoms with E-state index < -0.39 is 11.3 Å². The number of aliphatic imine (C=N–C) groups is 1. The van der Waals surface area contributed by atoms with Gasteiger partial charge in [-0.2, -0.15) is 4.39 Å². The van der Waals surface area contributed by atoms with Crippen LogP contribution in [0.5, 0.6) is 0 Å². The Labute approximate surface area is 130 Å². The Balaban J connectivity index is 2.15. The summed E-state index contributed by atoms with van der Waals surface area (Å²) in [6.45, 7) is 5.55. The molecule has 2 nitrogen and oxygen atoms in total. The molecule has 114 valence electrons. The zero-order valence-corrected chi connectivity index (χ0v) is 13.1. The first-order valence-electron chi connectivity index (χ1n) is 7.49. The van der Waals surface area contributed by atoms with Gasteiger partial charge in [0.05, 0.1) is 5.69 Å². The van der Waals surface area contributed by atoms with Crippen molar-refractivity contribution in [1.29, 1.82) is 0 Å². The molecule has 2 aromatic carbocycles. The van der Waals surface area contributed by atoms with E-state index >= 15 is 4.39 Å². The van der Waals surface area contributed by atoms with E-state index in [1.807, 2.05) is 75.4 Å². The number of para-hydroxylation sites is 1. The molecule has 1 atom stereocenters. The Bertz CT molecular complexity index is 703. The van der Waals surface area contributed by atoms with Gasteiger partial charge < -0.3 is 4.74 Å². The molecule has 0 spiro atoms. The highest BCUT2D eigenvalue weighted by Crippen LogP contribution is 2.42. The second-order valence-electron chi connectivity index (χ2n) is 6.67. The third-order valence-corrected chi connectivity index (χ3v) is 4.03. The van der Waals surface area contributed by atoms with Gasteiger partial charge in [0.15, 0.2) is 0 Å². The third-order valence-electron chi connectivity index (χ3n) is 4.03. The molecule has 0 saturated carbocycles. The lowest BCUT2D eigenvalue weighted by molar-refractivity contribution is -0.151. The topological polar surface area (TPSA) is 21.6 Å². The minimum atomic E-state index is -1.81. The molecule has 1 aliphatic heterocycles. The van der Waals surface area contributed by atoms with Gasteiger partial charge in [0.25, 0.3) is 5.85 Å². The fourth-order valence-corrected chi connectivity index (χ4v) is 2.46. The van der Waals surface area contributed by atoms with Crippen LogP contribution >= 0.6 is 0 Å². The number of fused-ring (bicyclic) bond motifs is 1. The Kier molecular flexibility index (Phi) is 3.51. The quantitative estimate of drug-likeness (QED) is 0.722. The predicted molar refractivity (Wildman–Crippen MR) is 87.2 cm³/mol. The molecule has 1 heterocycles. The zero-order chi connectivity index (χ0) is 15.8. The number of hydrogen-bond acceptors (Lipinski definition) is 2. The summed E-state index contributed by atoms with van der Waals surface area (Å²) in [6.07, 6.45) is 0.187. The number of hydrogen-bond donors (Lipinski definition) is 0. The van der Waals surface area contributed by atoms with E-state index in [4.69, 9.17) is 4.74 Å². The highest BCUT2D eigenvalue weighted by atomic mass is 19.2. The van der Waals surface area contributed by atoms with Crippen LogP contribution < -0.4 is 0 Å². The fourth-order valence-electron chi connectivity index (χ4n) is 2.46. The van der Waals surface area contributed by atoms with Crippen LogP contribution in [0.1, 0.15) is 31.9 Å². The summed E-state index contributed by atoms with van der Waals surface area (Å²) in [4.78, 5) is 4.57. The smallest absolute Gasteiger partial charge is 0.258 e. The maximum atomic E-state index is 15.7. The molecule has 0 fully saturated rings. The van der Waals surface area contributed by atoms with E-state index in [0.717, 1.165) is 16.8 Å². The predicted octanol–water partition coefficient (Wildman–Crippen LogP) is 5.05. The molecule has 0 radical (unpaired) electrons. The summed E-state index contributed by atoms with van der Waals surface area (Å²) < 4.78 is 21.5. The minimum Gasteiger partial charge on any atom is -0.439 e. The average Bonchev–Trinajstić information content (AvgIpc) is 2.64. The molecule has 1 unspecified atom stereocenters. The fraction of sp³-hybridized carbons (Fsp3) is 0.316. The van der Waals surface area contributed by atoms with Crippen LogP contribution in [0.4, 0.5) is 10.1 Å². The van der Waals surface area contributed by atoms with Crippen molar-refractivity contribution in [2.24, 2.45) is 10.4 Å². The summed E-state index contributed by atoms with van der Waals surface area (Å²) in [5.41, 5.74) is 1.75. The van der Waals surface area contributed by atoms with E-state index in [1.165, 1.54) is 0 Å². The van der Waals surface area contributed by atoms with E-state index in [2.05, 4.69) is 4.99 Å². The lowest BCUT2D eigenvalue weighted by Gasteiger charge is -2.37. The molecular weight excluding hydrogens is 277 g/mol. The molecule has 0 aliphatic carbocycles. The van der Waals surface area contributed by atoms with Crippen LogP contribution in [0, 0.1) is 5.41 Å². The summed E-state index contributed by atoms with van der Waals surface area (Å²) in [5.74, 6) is -1.48. The van der Waals surface area contributed by atoms with Crippen LogP contribution in [0.25, 0.3) is 0 Å². The van der Waals surface area contributed by atoms with Gasteiger partial charge in [0, 0.05) is 17.4 Å². The Morgan fingerprint density at radius 3 is 2.32 bits per heavy atom. The highest BCUT2D eigenvalue weighted by molar-refractivity contribution is 5.96. The molecular formula is C19H20FNO. The molecule has 22 heavy (non-hydrogen) atoms. The lowest BCUT2D eigenvalue weighted by Crippen LogP contribution is -2.44. The van der Waals surface area contributed by atoms with Crippen molar-refractivity contribution in [3.8, 4) is 0 Å². The van der Waals surface area contributed by atoms with Crippen LogP contribution in [0.2, 0.25) is 0 Å². The van der Waals surface area contributed by atoms with E-state index in [9.17, 15) is 0 Å². The summed E-state index contributed by atoms with van der Waals surface area (Å²) in [5, 5.41) is 0. The van der Waals surface area contributed by atoms with Crippen molar-refractivity contribution >= 4 is 11.6 Å². The van der Waals surface area contributed by atoms with Crippen LogP contribution in [0.15, 0.2) is 59.6 Å². The van der Waals surface area contributed by atoms with Crippen molar-refractivity contribution in [1.82, 2.24) is 0 Å². The normalized spacial score (nSPS) is 21.4. The Morgan fingerprint density at radius 2 is 1.64 bits per heavy atom. The van der Waals surface area contributed by atoms with Gasteiger partial charge >= 0.3 is 0 Å². The standard InChI is InChI=1S/C19H20FNO/c1-18(2,3)19(20)13-15-11-7-8-12-16(15)21-17(22-19)14-9-5-4-6-10-14/h4-12H,13H2,1-3H3. The maximum absolute atomic E-state index is 15.7. The SMILES string of the molecule is CC(C)(C)C1(F)Cc2ccccc2N=C(c2ccccc2)O1. The molecule has 0 N–H and O–H groups in total. The maximum Gasteiger partial charge on any atom is 0.258 e. The van der Waals surface area contributed by atoms with Crippen molar-refractivity contribution in [3.63, 3.8) is 0 Å². The number of halogens is 1. The van der Waals surface area contributed by atoms with Crippen LogP contribution in [-0.2, 0) is 11.2 Å². The molecule has 3 heteroatoms. The molecule has 0 aromatic heterocycles. The van der Waals surface area contributed by atoms with E-state index in [1.54, 1.807) is 0 Å². The van der Waals surface area contributed by atoms with E-state index in [-0.39, 0.29) is 6.42 Å². The molecule has 2 aromatic rings. The van der Waals surface area contributed by atoms with Crippen molar-refractivity contribution < 1.29 is 9.13 Å². The number of alkyl halides is 1. The Hall–Kier alpha value is -2.16. The monoisotopic (exact) mass is 297 g/mol. The van der Waals surface area contributed by atoms with Gasteiger partial charge in [-0.05, 0) is 23.8 Å². The highest BCUT2D eigenvalue weighted by Gasteiger charge is 2.47. The van der Waals surface area contributed by atoms with Crippen molar-refractivity contribution in [2.75, 3.05) is 0 Å². The van der Waals surface area contributed by atoms with Crippen molar-refractivity contribution in [3.05, 3.63) is 65.7 Å². The first-order valence-corrected chi connectivity index (χ1v) is 7.49. The summed E-state index contributed by atoms with van der Waals surface area (Å²) >= 11 is 0. The van der Waals surface area contributed by atoms with Crippen molar-refractivity contribution in [2.45, 2.75) is 33.0 Å². The first kappa shape index (κ1) is 14.8. The van der Waals surface area contributed by atoms with Gasteiger partial charge in [-0.15, -0.1) is 0 Å². The summed E-state index contributed by atoms with van der Waals surface area (Å²) in [6, 6.07) is 17.1. The molecule has 3 rings (SSSR count). The minimum absolute atomic E-state index is 0.187. The summed E-state index contributed by atoms with van der Waals surface area (Å²) in [7, 11) is 0. The number of benzene rings is 2. The Morgan fingerprint density at radius 1 is 1.00 bits per heavy atom. The van der Waals surface area contributed by atoms with Gasteiger partial charge in [-0.1, -0.05) is 57.2 Å². The second-order valence-corrected chi connectivity index (χ2v) is 6.67. The zero-order valence-electron chi connectivity index (χ0n) is 13.1. The number of ether oxygens (including phenoxy) is 1. The molecule has 0 saturated heterocycles. The third kappa shape index (κ3) is 2.63. The van der Waals surface area contributed by atoms with Gasteiger partial charge in [-0.25, -0.2) is 4.99 Å². The van der Waals surface area contributed by atoms with Crippen LogP contribution in [0.3, 0.4) is 0 Å². The number of nitrogens with zero attached hydrogens (tertiary/aromatic N) is 1. The van der Waals surface area contributed by atoms with Gasteiger partial charge in [0.1, 0.15) is 0 Å². The second kappa shape index (κ2) is 5.24. The van der Waals surface area contributed by atoms with Crippen LogP contribution in [-0.4, -0.2) is 11.8 Å². The molecule has 0 bridgehead atoms. The van der Waals surface area contributed by atoms with Gasteiger partial charge in [0.2, 0.25) is 5.90 Å². The average molecular weight is 297 g/mol. The molecule has 0 amide bonds. The first-order chi connectivity index (χ1) is 10.4. The number of rotatable bonds is 1. The largest absolute Gasteiger partial charge is 0.439 e. The van der Waals surface area contributed by atoms with E-state index in [0.29, 0.717) is 5.90 Å². The van der Waals surface area contributed by atoms with Gasteiger partial charge in [-0.3, -0.25) is 0 Å². The molecule has 1 aliphatic rings. The lowest BCUT2D eigenvalue weighted by atomic mass is 9.82.